The van der Waals surface area contributed by atoms with Gasteiger partial charge in [-0.2, -0.15) is 0 Å². The Morgan fingerprint density at radius 1 is 0.258 bits per heavy atom. The topological polar surface area (TPSA) is 0 Å². The summed E-state index contributed by atoms with van der Waals surface area (Å²) in [4.78, 5) is 0. The van der Waals surface area contributed by atoms with Gasteiger partial charge >= 0.3 is 44.8 Å². The van der Waals surface area contributed by atoms with Gasteiger partial charge in [0.2, 0.25) is 0 Å². The van der Waals surface area contributed by atoms with Crippen molar-refractivity contribution in [2.24, 2.45) is 0 Å². The first-order chi connectivity index (χ1) is 31.7. The van der Waals surface area contributed by atoms with Crippen LogP contribution >= 0.6 is 15.8 Å². The molecule has 4 heteroatoms. The quantitative estimate of drug-likeness (QED) is 0.0512. The van der Waals surface area contributed by atoms with Gasteiger partial charge in [-0.1, -0.05) is 193 Å². The van der Waals surface area contributed by atoms with E-state index in [2.05, 4.69) is 218 Å². The maximum absolute atomic E-state index is 7.35. The molecule has 0 heterocycles. The average Bonchev–Trinajstić information content (AvgIpc) is 3.38. The van der Waals surface area contributed by atoms with E-state index in [9.17, 15) is 0 Å². The van der Waals surface area contributed by atoms with Crippen molar-refractivity contribution >= 4 is 90.8 Å². The molecular weight excluding hydrogens is 1020 g/mol. The Morgan fingerprint density at radius 2 is 0.530 bits per heavy atom. The van der Waals surface area contributed by atoms with Gasteiger partial charge in [0, 0.05) is 0 Å². The molecule has 0 saturated heterocycles. The van der Waals surface area contributed by atoms with E-state index in [1.54, 1.807) is 0 Å². The summed E-state index contributed by atoms with van der Waals surface area (Å²) in [6.07, 6.45) is 14.7. The van der Waals surface area contributed by atoms with Crippen LogP contribution in [-0.2, 0) is 44.8 Å². The normalized spacial score (nSPS) is 10.4. The number of benzene rings is 11. The van der Waals surface area contributed by atoms with Crippen LogP contribution in [0.4, 0.5) is 0 Å². The van der Waals surface area contributed by atoms with E-state index < -0.39 is 15.8 Å². The molecule has 0 radical (unpaired) electrons. The monoisotopic (exact) mass is 1060 g/mol. The van der Waals surface area contributed by atoms with Crippen molar-refractivity contribution < 1.29 is 44.8 Å². The van der Waals surface area contributed by atoms with Gasteiger partial charge in [0.05, 0.1) is 0 Å². The minimum absolute atomic E-state index is 0. The fourth-order valence-corrected chi connectivity index (χ4v) is 14.6. The molecule has 11 aromatic carbocycles. The number of hydrogen-bond acceptors (Lipinski definition) is 0. The molecule has 0 atom stereocenters. The fourth-order valence-electron chi connectivity index (χ4n) is 8.62. The molecule has 322 valence electrons. The largest absolute Gasteiger partial charge is 1.00 e. The molecule has 0 saturated carbocycles. The van der Waals surface area contributed by atoms with Gasteiger partial charge in [-0.3, -0.25) is 11.8 Å². The van der Waals surface area contributed by atoms with E-state index >= 15 is 0 Å². The first-order valence-electron chi connectivity index (χ1n) is 21.4. The first-order valence-corrected chi connectivity index (χ1v) is 24.4. The molecule has 0 spiro atoms. The second-order valence-corrected chi connectivity index (χ2v) is 20.3. The smallest absolute Gasteiger partial charge is 0.366 e. The third-order valence-electron chi connectivity index (χ3n) is 11.5. The Kier molecular flexibility index (Phi) is 17.0. The minimum Gasteiger partial charge on any atom is -0.366 e. The van der Waals surface area contributed by atoms with Crippen LogP contribution in [-0.4, -0.2) is 0 Å². The number of hydrogen-bond donors (Lipinski definition) is 0. The Labute approximate surface area is 422 Å². The second-order valence-electron chi connectivity index (χ2n) is 15.4. The zero-order chi connectivity index (χ0) is 43.5. The summed E-state index contributed by atoms with van der Waals surface area (Å²) in [6.45, 7) is 0. The summed E-state index contributed by atoms with van der Waals surface area (Å²) in [5, 5.41) is 18.1. The number of fused-ring (bicyclic) bond motifs is 6. The second kappa shape index (κ2) is 23.4. The van der Waals surface area contributed by atoms with Crippen LogP contribution in [0.2, 0.25) is 0 Å². The van der Waals surface area contributed by atoms with E-state index in [1.165, 1.54) is 53.4 Å². The van der Waals surface area contributed by atoms with Crippen LogP contribution in [0.25, 0.3) is 43.1 Å². The van der Waals surface area contributed by atoms with Crippen LogP contribution in [0.15, 0.2) is 255 Å². The van der Waals surface area contributed by atoms with Gasteiger partial charge in [-0.15, -0.1) is 23.3 Å². The Hall–Kier alpha value is -6.08. The van der Waals surface area contributed by atoms with Crippen LogP contribution in [0.5, 0.6) is 0 Å². The number of rotatable bonds is 6. The summed E-state index contributed by atoms with van der Waals surface area (Å²) in [6, 6.07) is 90.3. The zero-order valence-corrected chi connectivity index (χ0v) is 40.8. The maximum Gasteiger partial charge on any atom is 1.00 e. The average molecular weight is 1070 g/mol. The van der Waals surface area contributed by atoms with E-state index in [1.807, 2.05) is 48.5 Å². The summed E-state index contributed by atoms with van der Waals surface area (Å²) in [5.41, 5.74) is 1.71. The van der Waals surface area contributed by atoms with Gasteiger partial charge < -0.3 is 12.8 Å². The van der Waals surface area contributed by atoms with Crippen molar-refractivity contribution in [2.45, 2.75) is 0 Å². The van der Waals surface area contributed by atoms with Crippen molar-refractivity contribution in [3.05, 3.63) is 279 Å². The summed E-state index contributed by atoms with van der Waals surface area (Å²) in [5.74, 6) is 5.02. The minimum atomic E-state index is -1.14. The molecule has 66 heavy (non-hydrogen) atoms. The van der Waals surface area contributed by atoms with E-state index in [-0.39, 0.29) is 44.8 Å². The van der Waals surface area contributed by atoms with Gasteiger partial charge in [-0.05, 0) is 93.0 Å². The van der Waals surface area contributed by atoms with Gasteiger partial charge in [0.1, 0.15) is 47.7 Å². The van der Waals surface area contributed by atoms with E-state index in [0.29, 0.717) is 0 Å². The maximum atomic E-state index is 7.35. The van der Waals surface area contributed by atoms with Crippen molar-refractivity contribution in [3.63, 3.8) is 0 Å². The molecule has 0 aromatic heterocycles. The molecule has 0 unspecified atom stereocenters. The van der Waals surface area contributed by atoms with E-state index in [0.717, 1.165) is 32.7 Å². The Balaban J connectivity index is 0.000000160. The van der Waals surface area contributed by atoms with Crippen molar-refractivity contribution in [3.8, 4) is 11.8 Å². The molecule has 0 bridgehead atoms. The molecule has 0 fully saturated rings. The molecule has 0 amide bonds. The standard InChI is InChI=1S/C30H24P2.2C16H9.2Ag/c1-5-15-25(16-6-1)31(26-17-7-2-8-18-26)29-23-13-14-24-30(29)32(27-19-9-3-10-20-27)28-21-11-4-12-22-28;2*1-2-12-7-5-8-14-11-10-13-6-3-4-9-15(13)16(12)14;;/h1-24H;2*3-11H;;/q;2*-1;2*+1/p+2. The van der Waals surface area contributed by atoms with Gasteiger partial charge in [0.15, 0.2) is 0 Å². The van der Waals surface area contributed by atoms with Gasteiger partial charge in [0.25, 0.3) is 0 Å². The Morgan fingerprint density at radius 3 is 0.864 bits per heavy atom. The van der Waals surface area contributed by atoms with Crippen molar-refractivity contribution in [1.82, 2.24) is 0 Å². The molecule has 0 N–H and O–H groups in total. The molecule has 0 aliphatic rings. The van der Waals surface area contributed by atoms with Crippen molar-refractivity contribution in [1.29, 1.82) is 0 Å². The zero-order valence-electron chi connectivity index (χ0n) is 35.9. The molecular formula is C62H44Ag2P2+2. The van der Waals surface area contributed by atoms with E-state index in [4.69, 9.17) is 12.8 Å². The van der Waals surface area contributed by atoms with Crippen molar-refractivity contribution in [2.75, 3.05) is 0 Å². The molecule has 11 rings (SSSR count). The third kappa shape index (κ3) is 10.6. The SMILES string of the molecule is [Ag+].[Ag+].[C-]#Cc1cccc2ccc3ccccc3c12.[C-]#Cc1cccc2ccc3ccccc3c12.c1ccc([PH+](c2ccccc2)c2ccccc2[PH+](c2ccccc2)c2ccccc2)cc1. The predicted molar refractivity (Wildman–Crippen MR) is 282 cm³/mol. The summed E-state index contributed by atoms with van der Waals surface area (Å²) < 4.78 is 0. The van der Waals surface area contributed by atoms with Crippen LogP contribution < -0.4 is 31.8 Å². The predicted octanol–water partition coefficient (Wildman–Crippen LogP) is 12.5. The Bertz CT molecular complexity index is 3110. The first kappa shape index (κ1) is 47.9. The molecule has 0 nitrogen and oxygen atoms in total. The molecule has 11 aromatic rings. The fraction of sp³-hybridized carbons (Fsp3) is 0. The summed E-state index contributed by atoms with van der Waals surface area (Å²) in [7, 11) is -2.28. The molecule has 0 aliphatic carbocycles. The van der Waals surface area contributed by atoms with Crippen LogP contribution in [0.1, 0.15) is 11.1 Å². The van der Waals surface area contributed by atoms with Crippen LogP contribution in [0, 0.1) is 24.7 Å². The third-order valence-corrected chi connectivity index (χ3v) is 17.4. The van der Waals surface area contributed by atoms with Crippen LogP contribution in [0.3, 0.4) is 0 Å². The summed E-state index contributed by atoms with van der Waals surface area (Å²) >= 11 is 0. The van der Waals surface area contributed by atoms with Gasteiger partial charge in [-0.25, -0.2) is 0 Å². The molecule has 0 aliphatic heterocycles.